The lowest BCUT2D eigenvalue weighted by Gasteiger charge is -2.21. The Bertz CT molecular complexity index is 1280. The van der Waals surface area contributed by atoms with E-state index >= 15 is 0 Å². The number of halogens is 9. The van der Waals surface area contributed by atoms with Crippen LogP contribution in [0.4, 0.5) is 39.5 Å². The molecule has 0 saturated carbocycles. The molecule has 2 aromatic rings. The normalized spacial score (nSPS) is 18.2. The minimum atomic E-state index is -5.24. The van der Waals surface area contributed by atoms with Crippen molar-refractivity contribution in [3.63, 3.8) is 0 Å². The van der Waals surface area contributed by atoms with Crippen molar-refractivity contribution in [1.29, 1.82) is 5.41 Å². The van der Waals surface area contributed by atoms with E-state index in [-0.39, 0.29) is 24.0 Å². The third-order valence-corrected chi connectivity index (χ3v) is 5.28. The van der Waals surface area contributed by atoms with E-state index in [1.807, 2.05) is 0 Å². The zero-order valence-corrected chi connectivity index (χ0v) is 17.7. The van der Waals surface area contributed by atoms with Gasteiger partial charge < -0.3 is 15.2 Å². The number of rotatable bonds is 4. The molecule has 1 aliphatic carbocycles. The standard InChI is InChI=1S/C19H14F9N7O/c20-17(21,22)11-5-12(18(23,24)25)31-15(30-11)9(6-29)16-32-13(36-34-16)7-35-10-4-2-1-3-8(10)14(33-35)19(26,27)28/h5-6,29-30H,1-4,7H2/b15-9-,29-6?. The third-order valence-electron chi connectivity index (χ3n) is 5.28. The van der Waals surface area contributed by atoms with E-state index in [4.69, 9.17) is 9.93 Å². The average molecular weight is 527 g/mol. The van der Waals surface area contributed by atoms with Gasteiger partial charge in [-0.2, -0.15) is 49.6 Å². The van der Waals surface area contributed by atoms with Crippen LogP contribution in [0, 0.1) is 5.41 Å². The Balaban J connectivity index is 1.70. The molecule has 2 N–H and O–H groups in total. The van der Waals surface area contributed by atoms with E-state index < -0.39 is 59.4 Å². The Labute approximate surface area is 195 Å². The molecule has 194 valence electrons. The van der Waals surface area contributed by atoms with Crippen molar-refractivity contribution in [2.75, 3.05) is 0 Å². The van der Waals surface area contributed by atoms with Gasteiger partial charge in [-0.15, -0.1) is 0 Å². The fourth-order valence-corrected chi connectivity index (χ4v) is 3.73. The van der Waals surface area contributed by atoms with Crippen molar-refractivity contribution >= 4 is 17.5 Å². The molecule has 0 bridgehead atoms. The summed E-state index contributed by atoms with van der Waals surface area (Å²) >= 11 is 0. The number of aromatic nitrogens is 4. The van der Waals surface area contributed by atoms with Gasteiger partial charge in [-0.05, 0) is 31.8 Å². The second-order valence-electron chi connectivity index (χ2n) is 7.73. The maximum absolute atomic E-state index is 13.4. The predicted octanol–water partition coefficient (Wildman–Crippen LogP) is 4.58. The first-order valence-corrected chi connectivity index (χ1v) is 10.1. The molecule has 0 unspecified atom stereocenters. The number of alkyl halides is 9. The average Bonchev–Trinajstić information content (AvgIpc) is 3.38. The maximum Gasteiger partial charge on any atom is 0.435 e. The molecule has 2 aromatic heterocycles. The minimum Gasteiger partial charge on any atom is -0.337 e. The second-order valence-corrected chi connectivity index (χ2v) is 7.73. The molecular weight excluding hydrogens is 513 g/mol. The molecule has 4 rings (SSSR count). The summed E-state index contributed by atoms with van der Waals surface area (Å²) in [6, 6.07) is 0. The van der Waals surface area contributed by atoms with E-state index in [9.17, 15) is 39.5 Å². The topological polar surface area (TPSA) is 105 Å². The van der Waals surface area contributed by atoms with Crippen LogP contribution in [0.5, 0.6) is 0 Å². The molecule has 1 aliphatic heterocycles. The van der Waals surface area contributed by atoms with Crippen LogP contribution >= 0.6 is 0 Å². The Morgan fingerprint density at radius 2 is 1.72 bits per heavy atom. The van der Waals surface area contributed by atoms with Crippen LogP contribution in [0.15, 0.2) is 27.1 Å². The third kappa shape index (κ3) is 4.99. The van der Waals surface area contributed by atoms with E-state index in [0.717, 1.165) is 4.68 Å². The lowest BCUT2D eigenvalue weighted by Crippen LogP contribution is -2.34. The van der Waals surface area contributed by atoms with Crippen LogP contribution < -0.4 is 5.32 Å². The van der Waals surface area contributed by atoms with Crippen molar-refractivity contribution < 1.29 is 44.0 Å². The maximum atomic E-state index is 13.4. The zero-order valence-electron chi connectivity index (χ0n) is 17.7. The van der Waals surface area contributed by atoms with Crippen LogP contribution in [0.2, 0.25) is 0 Å². The summed E-state index contributed by atoms with van der Waals surface area (Å²) in [5.41, 5.74) is -5.04. The van der Waals surface area contributed by atoms with Gasteiger partial charge >= 0.3 is 18.5 Å². The molecule has 8 nitrogen and oxygen atoms in total. The Hall–Kier alpha value is -3.66. The Kier molecular flexibility index (Phi) is 6.20. The van der Waals surface area contributed by atoms with Gasteiger partial charge in [0.15, 0.2) is 5.69 Å². The molecule has 0 amide bonds. The van der Waals surface area contributed by atoms with Crippen molar-refractivity contribution in [3.8, 4) is 0 Å². The highest BCUT2D eigenvalue weighted by Gasteiger charge is 2.43. The molecule has 0 saturated heterocycles. The predicted molar refractivity (Wildman–Crippen MR) is 104 cm³/mol. The molecule has 0 fully saturated rings. The number of allylic oxidation sites excluding steroid dienone is 3. The Morgan fingerprint density at radius 1 is 1.03 bits per heavy atom. The van der Waals surface area contributed by atoms with Gasteiger partial charge in [-0.3, -0.25) is 4.68 Å². The first kappa shape index (κ1) is 25.4. The van der Waals surface area contributed by atoms with Crippen LogP contribution in [-0.4, -0.2) is 44.2 Å². The highest BCUT2D eigenvalue weighted by atomic mass is 19.4. The highest BCUT2D eigenvalue weighted by Crippen LogP contribution is 2.36. The van der Waals surface area contributed by atoms with E-state index in [1.54, 1.807) is 5.32 Å². The summed E-state index contributed by atoms with van der Waals surface area (Å²) in [6.45, 7) is -0.440. The van der Waals surface area contributed by atoms with Crippen LogP contribution in [0.3, 0.4) is 0 Å². The molecule has 0 radical (unpaired) electrons. The molecule has 36 heavy (non-hydrogen) atoms. The van der Waals surface area contributed by atoms with Gasteiger partial charge in [0, 0.05) is 17.5 Å². The minimum absolute atomic E-state index is 0.0441. The summed E-state index contributed by atoms with van der Waals surface area (Å²) in [6.07, 6.45) is -13.4. The smallest absolute Gasteiger partial charge is 0.337 e. The lowest BCUT2D eigenvalue weighted by molar-refractivity contribution is -0.142. The number of nitrogens with zero attached hydrogens (tertiary/aromatic N) is 5. The largest absolute Gasteiger partial charge is 0.435 e. The fourth-order valence-electron chi connectivity index (χ4n) is 3.73. The monoisotopic (exact) mass is 527 g/mol. The van der Waals surface area contributed by atoms with Gasteiger partial charge in [0.05, 0.1) is 5.57 Å². The van der Waals surface area contributed by atoms with Crippen molar-refractivity contribution in [2.24, 2.45) is 4.99 Å². The first-order valence-electron chi connectivity index (χ1n) is 10.1. The summed E-state index contributed by atoms with van der Waals surface area (Å²) in [4.78, 5) is 6.94. The molecule has 2 aliphatic rings. The van der Waals surface area contributed by atoms with E-state index in [0.29, 0.717) is 31.2 Å². The number of fused-ring (bicyclic) bond motifs is 1. The number of aliphatic imine (C=N–C) groups is 1. The lowest BCUT2D eigenvalue weighted by atomic mass is 9.95. The van der Waals surface area contributed by atoms with Gasteiger partial charge in [-0.25, -0.2) is 4.99 Å². The van der Waals surface area contributed by atoms with E-state index in [2.05, 4.69) is 20.2 Å². The van der Waals surface area contributed by atoms with Crippen molar-refractivity contribution in [3.05, 3.63) is 46.3 Å². The number of hydrogen-bond donors (Lipinski definition) is 2. The van der Waals surface area contributed by atoms with Gasteiger partial charge in [-0.1, -0.05) is 5.16 Å². The molecule has 0 spiro atoms. The van der Waals surface area contributed by atoms with Crippen molar-refractivity contribution in [1.82, 2.24) is 25.2 Å². The second kappa shape index (κ2) is 8.77. The highest BCUT2D eigenvalue weighted by molar-refractivity contribution is 6.10. The van der Waals surface area contributed by atoms with Gasteiger partial charge in [0.2, 0.25) is 11.7 Å². The van der Waals surface area contributed by atoms with Crippen LogP contribution in [0.1, 0.15) is 41.5 Å². The SMILES string of the molecule is N=C/C(=C1/N=C(C(F)(F)F)C=C(C(F)(F)F)N1)c1noc(Cn2nc(C(F)(F)F)c3c2CCCC3)n1. The number of hydrogen-bond acceptors (Lipinski definition) is 7. The van der Waals surface area contributed by atoms with Gasteiger partial charge in [0.25, 0.3) is 0 Å². The van der Waals surface area contributed by atoms with Crippen molar-refractivity contribution in [2.45, 2.75) is 50.8 Å². The van der Waals surface area contributed by atoms with Gasteiger partial charge in [0.1, 0.15) is 23.8 Å². The Morgan fingerprint density at radius 3 is 2.33 bits per heavy atom. The molecule has 0 atom stereocenters. The summed E-state index contributed by atoms with van der Waals surface area (Å²) < 4.78 is 125. The summed E-state index contributed by atoms with van der Waals surface area (Å²) in [5.74, 6) is -1.96. The molecular formula is C19H14F9N7O. The number of nitrogens with one attached hydrogen (secondary N) is 2. The summed E-state index contributed by atoms with van der Waals surface area (Å²) in [5, 5.41) is 16.2. The van der Waals surface area contributed by atoms with Crippen LogP contribution in [0.25, 0.3) is 5.57 Å². The molecule has 0 aromatic carbocycles. The van der Waals surface area contributed by atoms with E-state index in [1.165, 1.54) is 0 Å². The quantitative estimate of drug-likeness (QED) is 0.448. The first-order chi connectivity index (χ1) is 16.7. The molecule has 3 heterocycles. The zero-order chi connectivity index (χ0) is 26.5. The van der Waals surface area contributed by atoms with Crippen LogP contribution in [-0.2, 0) is 25.6 Å². The molecule has 17 heteroatoms. The fraction of sp³-hybridized carbons (Fsp3) is 0.421. The summed E-state index contributed by atoms with van der Waals surface area (Å²) in [7, 11) is 0.